The molecule has 2 aromatic rings. The molecule has 1 aromatic heterocycles. The van der Waals surface area contributed by atoms with E-state index in [0.717, 1.165) is 0 Å². The van der Waals surface area contributed by atoms with Gasteiger partial charge in [0.05, 0.1) is 6.26 Å². The van der Waals surface area contributed by atoms with Crippen molar-refractivity contribution in [3.8, 4) is 0 Å². The van der Waals surface area contributed by atoms with Crippen LogP contribution in [0.3, 0.4) is 0 Å². The standard InChI is InChI=1S/C12H9FO2/c1-8-9(4-2-5-10(8)13)12(14)11-6-3-7-15-11/h2-7H,1H3. The lowest BCUT2D eigenvalue weighted by Crippen LogP contribution is -2.03. The van der Waals surface area contributed by atoms with Gasteiger partial charge in [0.15, 0.2) is 5.76 Å². The van der Waals surface area contributed by atoms with Crippen LogP contribution < -0.4 is 0 Å². The van der Waals surface area contributed by atoms with Crippen LogP contribution >= 0.6 is 0 Å². The third-order valence-corrected chi connectivity index (χ3v) is 2.26. The van der Waals surface area contributed by atoms with Crippen LogP contribution in [0.25, 0.3) is 0 Å². The number of carbonyl (C=O) groups excluding carboxylic acids is 1. The van der Waals surface area contributed by atoms with Crippen molar-refractivity contribution in [2.45, 2.75) is 6.92 Å². The summed E-state index contributed by atoms with van der Waals surface area (Å²) in [5, 5.41) is 0. The Morgan fingerprint density at radius 1 is 1.27 bits per heavy atom. The van der Waals surface area contributed by atoms with Gasteiger partial charge in [-0.25, -0.2) is 4.39 Å². The quantitative estimate of drug-likeness (QED) is 0.704. The summed E-state index contributed by atoms with van der Waals surface area (Å²) in [7, 11) is 0. The van der Waals surface area contributed by atoms with Crippen LogP contribution in [0.1, 0.15) is 21.7 Å². The molecule has 1 heterocycles. The molecule has 0 saturated carbocycles. The summed E-state index contributed by atoms with van der Waals surface area (Å²) in [6.07, 6.45) is 1.42. The van der Waals surface area contributed by atoms with E-state index in [2.05, 4.69) is 0 Å². The molecule has 2 rings (SSSR count). The van der Waals surface area contributed by atoms with Crippen LogP contribution in [-0.2, 0) is 0 Å². The first-order valence-corrected chi connectivity index (χ1v) is 4.53. The summed E-state index contributed by atoms with van der Waals surface area (Å²) in [6, 6.07) is 7.62. The number of halogens is 1. The van der Waals surface area contributed by atoms with E-state index in [1.54, 1.807) is 25.1 Å². The van der Waals surface area contributed by atoms with Crippen molar-refractivity contribution in [1.82, 2.24) is 0 Å². The van der Waals surface area contributed by atoms with Crippen molar-refractivity contribution in [1.29, 1.82) is 0 Å². The Bertz CT molecular complexity index is 486. The summed E-state index contributed by atoms with van der Waals surface area (Å²) >= 11 is 0. The van der Waals surface area contributed by atoms with Crippen molar-refractivity contribution in [2.24, 2.45) is 0 Å². The molecule has 15 heavy (non-hydrogen) atoms. The van der Waals surface area contributed by atoms with Gasteiger partial charge in [-0.1, -0.05) is 12.1 Å². The fourth-order valence-electron chi connectivity index (χ4n) is 1.39. The van der Waals surface area contributed by atoms with E-state index in [1.165, 1.54) is 18.4 Å². The predicted molar refractivity (Wildman–Crippen MR) is 53.3 cm³/mol. The number of hydrogen-bond acceptors (Lipinski definition) is 2. The van der Waals surface area contributed by atoms with Gasteiger partial charge in [-0.2, -0.15) is 0 Å². The average Bonchev–Trinajstić information content (AvgIpc) is 2.74. The topological polar surface area (TPSA) is 30.2 Å². The first-order valence-electron chi connectivity index (χ1n) is 4.53. The van der Waals surface area contributed by atoms with Crippen LogP contribution in [0, 0.1) is 12.7 Å². The van der Waals surface area contributed by atoms with Gasteiger partial charge in [0, 0.05) is 5.56 Å². The van der Waals surface area contributed by atoms with E-state index in [1.807, 2.05) is 0 Å². The fourth-order valence-corrected chi connectivity index (χ4v) is 1.39. The second-order valence-corrected chi connectivity index (χ2v) is 3.22. The first-order chi connectivity index (χ1) is 7.20. The summed E-state index contributed by atoms with van der Waals surface area (Å²) in [5.74, 6) is -0.451. The third kappa shape index (κ3) is 1.68. The van der Waals surface area contributed by atoms with E-state index in [4.69, 9.17) is 4.42 Å². The van der Waals surface area contributed by atoms with Crippen molar-refractivity contribution >= 4 is 5.78 Å². The number of ketones is 1. The second kappa shape index (κ2) is 3.69. The molecule has 0 fully saturated rings. The minimum atomic E-state index is -0.382. The van der Waals surface area contributed by atoms with Crippen molar-refractivity contribution < 1.29 is 13.6 Å². The van der Waals surface area contributed by atoms with Crippen molar-refractivity contribution in [2.75, 3.05) is 0 Å². The van der Waals surface area contributed by atoms with Gasteiger partial charge in [0.25, 0.3) is 0 Å². The number of benzene rings is 1. The number of furan rings is 1. The minimum absolute atomic E-state index is 0.226. The molecule has 0 unspecified atom stereocenters. The van der Waals surface area contributed by atoms with Gasteiger partial charge >= 0.3 is 0 Å². The highest BCUT2D eigenvalue weighted by molar-refractivity contribution is 6.08. The van der Waals surface area contributed by atoms with Gasteiger partial charge in [-0.3, -0.25) is 4.79 Å². The Morgan fingerprint density at radius 3 is 2.73 bits per heavy atom. The predicted octanol–water partition coefficient (Wildman–Crippen LogP) is 2.96. The van der Waals surface area contributed by atoms with Crippen LogP contribution in [-0.4, -0.2) is 5.78 Å². The molecule has 2 nitrogen and oxygen atoms in total. The van der Waals surface area contributed by atoms with Crippen LogP contribution in [0.4, 0.5) is 4.39 Å². The van der Waals surface area contributed by atoms with Crippen molar-refractivity contribution in [3.05, 3.63) is 59.3 Å². The molecule has 3 heteroatoms. The molecule has 0 aliphatic rings. The van der Waals surface area contributed by atoms with Crippen LogP contribution in [0.15, 0.2) is 41.0 Å². The zero-order valence-corrected chi connectivity index (χ0v) is 8.16. The highest BCUT2D eigenvalue weighted by atomic mass is 19.1. The lowest BCUT2D eigenvalue weighted by molar-refractivity contribution is 0.101. The smallest absolute Gasteiger partial charge is 0.228 e. The molecule has 0 amide bonds. The van der Waals surface area contributed by atoms with E-state index >= 15 is 0 Å². The highest BCUT2D eigenvalue weighted by Crippen LogP contribution is 2.16. The monoisotopic (exact) mass is 204 g/mol. The van der Waals surface area contributed by atoms with Gasteiger partial charge in [-0.05, 0) is 30.7 Å². The van der Waals surface area contributed by atoms with Gasteiger partial charge in [0.2, 0.25) is 5.78 Å². The van der Waals surface area contributed by atoms with E-state index in [9.17, 15) is 9.18 Å². The zero-order chi connectivity index (χ0) is 10.8. The Kier molecular flexibility index (Phi) is 2.37. The highest BCUT2D eigenvalue weighted by Gasteiger charge is 2.15. The van der Waals surface area contributed by atoms with Gasteiger partial charge in [0.1, 0.15) is 5.82 Å². The summed E-state index contributed by atoms with van der Waals surface area (Å²) in [4.78, 5) is 11.8. The Morgan fingerprint density at radius 2 is 2.07 bits per heavy atom. The summed E-state index contributed by atoms with van der Waals surface area (Å²) in [5.41, 5.74) is 0.684. The molecule has 0 spiro atoms. The lowest BCUT2D eigenvalue weighted by atomic mass is 10.0. The summed E-state index contributed by atoms with van der Waals surface area (Å²) < 4.78 is 18.2. The Balaban J connectivity index is 2.47. The average molecular weight is 204 g/mol. The number of carbonyl (C=O) groups is 1. The molecule has 0 saturated heterocycles. The molecule has 0 radical (unpaired) electrons. The van der Waals surface area contributed by atoms with Crippen molar-refractivity contribution in [3.63, 3.8) is 0 Å². The molecule has 0 N–H and O–H groups in total. The minimum Gasteiger partial charge on any atom is -0.461 e. The van der Waals surface area contributed by atoms with Gasteiger partial charge < -0.3 is 4.42 Å². The molecule has 0 aliphatic carbocycles. The Hall–Kier alpha value is -1.90. The third-order valence-electron chi connectivity index (χ3n) is 2.26. The maximum atomic E-state index is 13.2. The van der Waals surface area contributed by atoms with Gasteiger partial charge in [-0.15, -0.1) is 0 Å². The molecule has 0 bridgehead atoms. The molecule has 1 aromatic carbocycles. The SMILES string of the molecule is Cc1c(F)cccc1C(=O)c1ccco1. The molecule has 76 valence electrons. The van der Waals surface area contributed by atoms with Crippen LogP contribution in [0.5, 0.6) is 0 Å². The first kappa shape index (κ1) is 9.65. The normalized spacial score (nSPS) is 10.3. The second-order valence-electron chi connectivity index (χ2n) is 3.22. The fraction of sp³-hybridized carbons (Fsp3) is 0.0833. The maximum Gasteiger partial charge on any atom is 0.228 e. The lowest BCUT2D eigenvalue weighted by Gasteiger charge is -2.03. The summed E-state index contributed by atoms with van der Waals surface area (Å²) in [6.45, 7) is 1.57. The van der Waals surface area contributed by atoms with E-state index in [-0.39, 0.29) is 17.4 Å². The molecular formula is C12H9FO2. The van der Waals surface area contributed by atoms with Crippen LogP contribution in [0.2, 0.25) is 0 Å². The largest absolute Gasteiger partial charge is 0.461 e. The van der Waals surface area contributed by atoms with E-state index in [0.29, 0.717) is 11.1 Å². The van der Waals surface area contributed by atoms with E-state index < -0.39 is 0 Å². The maximum absolute atomic E-state index is 13.2. The number of rotatable bonds is 2. The molecule has 0 aliphatic heterocycles. The molecular weight excluding hydrogens is 195 g/mol. The Labute approximate surface area is 86.3 Å². The number of hydrogen-bond donors (Lipinski definition) is 0. The molecule has 0 atom stereocenters. The zero-order valence-electron chi connectivity index (χ0n) is 8.16.